The summed E-state index contributed by atoms with van der Waals surface area (Å²) in [6, 6.07) is 6.67. The molecule has 0 fully saturated rings. The Labute approximate surface area is 93.4 Å². The molecule has 0 aliphatic heterocycles. The van der Waals surface area contributed by atoms with E-state index >= 15 is 0 Å². The molecule has 0 aliphatic rings. The monoisotopic (exact) mass is 223 g/mol. The number of hydrogen-bond acceptors (Lipinski definition) is 4. The highest BCUT2D eigenvalue weighted by Crippen LogP contribution is 2.14. The van der Waals surface area contributed by atoms with Crippen LogP contribution in [0.2, 0.25) is 0 Å². The lowest BCUT2D eigenvalue weighted by molar-refractivity contribution is -0.145. The zero-order valence-electron chi connectivity index (χ0n) is 8.93. The summed E-state index contributed by atoms with van der Waals surface area (Å²) in [6.07, 6.45) is 0.592. The predicted octanol–water partition coefficient (Wildman–Crippen LogP) is 1.20. The smallest absolute Gasteiger partial charge is 0.344 e. The number of hydrogen-bond donors (Lipinski definition) is 1. The first-order valence-electron chi connectivity index (χ1n) is 4.85. The van der Waals surface area contributed by atoms with Gasteiger partial charge in [-0.3, -0.25) is 4.79 Å². The number of carbonyl (C=O) groups is 2. The molecule has 0 saturated carbocycles. The molecule has 1 aromatic rings. The number of anilines is 1. The van der Waals surface area contributed by atoms with Crippen molar-refractivity contribution in [2.45, 2.75) is 6.92 Å². The quantitative estimate of drug-likeness (QED) is 0.581. The van der Waals surface area contributed by atoms with Crippen LogP contribution < -0.4 is 10.1 Å². The fourth-order valence-corrected chi connectivity index (χ4v) is 1.06. The van der Waals surface area contributed by atoms with Crippen LogP contribution >= 0.6 is 0 Å². The zero-order valence-corrected chi connectivity index (χ0v) is 8.93. The Morgan fingerprint density at radius 2 is 2.06 bits per heavy atom. The topological polar surface area (TPSA) is 64.6 Å². The molecule has 0 aromatic heterocycles. The maximum atomic E-state index is 11.0. The molecule has 0 saturated heterocycles. The molecular weight excluding hydrogens is 210 g/mol. The Morgan fingerprint density at radius 1 is 1.38 bits per heavy atom. The van der Waals surface area contributed by atoms with E-state index in [2.05, 4.69) is 5.32 Å². The van der Waals surface area contributed by atoms with Crippen LogP contribution in [0.3, 0.4) is 0 Å². The number of benzene rings is 1. The fourth-order valence-electron chi connectivity index (χ4n) is 1.06. The highest BCUT2D eigenvalue weighted by molar-refractivity contribution is 5.72. The molecule has 1 amide bonds. The van der Waals surface area contributed by atoms with E-state index < -0.39 is 5.97 Å². The molecule has 0 spiro atoms. The largest absolute Gasteiger partial charge is 0.482 e. The van der Waals surface area contributed by atoms with Gasteiger partial charge in [0.05, 0.1) is 6.61 Å². The van der Waals surface area contributed by atoms with E-state index in [4.69, 9.17) is 9.47 Å². The lowest BCUT2D eigenvalue weighted by atomic mass is 10.3. The first-order chi connectivity index (χ1) is 7.76. The highest BCUT2D eigenvalue weighted by Gasteiger charge is 2.02. The SMILES string of the molecule is CCOC(=O)COc1ccc(NC=O)cc1. The number of carbonyl (C=O) groups excluding carboxylic acids is 2. The normalized spacial score (nSPS) is 9.31. The van der Waals surface area contributed by atoms with Gasteiger partial charge < -0.3 is 14.8 Å². The van der Waals surface area contributed by atoms with Gasteiger partial charge in [-0.15, -0.1) is 0 Å². The minimum Gasteiger partial charge on any atom is -0.482 e. The van der Waals surface area contributed by atoms with Gasteiger partial charge in [-0.25, -0.2) is 4.79 Å². The number of amides is 1. The fraction of sp³-hybridized carbons (Fsp3) is 0.273. The average molecular weight is 223 g/mol. The van der Waals surface area contributed by atoms with Crippen molar-refractivity contribution in [2.24, 2.45) is 0 Å². The van der Waals surface area contributed by atoms with E-state index in [1.54, 1.807) is 31.2 Å². The summed E-state index contributed by atoms with van der Waals surface area (Å²) in [7, 11) is 0. The minimum absolute atomic E-state index is 0.117. The summed E-state index contributed by atoms with van der Waals surface area (Å²) in [6.45, 7) is 1.95. The number of ether oxygens (including phenoxy) is 2. The second-order valence-corrected chi connectivity index (χ2v) is 2.88. The third-order valence-electron chi connectivity index (χ3n) is 1.74. The lowest BCUT2D eigenvalue weighted by Gasteiger charge is -2.06. The second kappa shape index (κ2) is 6.44. The second-order valence-electron chi connectivity index (χ2n) is 2.88. The van der Waals surface area contributed by atoms with Crippen LogP contribution in [0.25, 0.3) is 0 Å². The third kappa shape index (κ3) is 4.00. The van der Waals surface area contributed by atoms with Gasteiger partial charge in [0.25, 0.3) is 0 Å². The summed E-state index contributed by atoms with van der Waals surface area (Å²) in [5.41, 5.74) is 0.665. The molecule has 5 nitrogen and oxygen atoms in total. The van der Waals surface area contributed by atoms with E-state index in [0.717, 1.165) is 0 Å². The lowest BCUT2D eigenvalue weighted by Crippen LogP contribution is -2.14. The Hall–Kier alpha value is -2.04. The average Bonchev–Trinajstić information content (AvgIpc) is 2.29. The van der Waals surface area contributed by atoms with Crippen molar-refractivity contribution < 1.29 is 19.1 Å². The van der Waals surface area contributed by atoms with E-state index in [-0.39, 0.29) is 6.61 Å². The molecular formula is C11H13NO4. The van der Waals surface area contributed by atoms with Crippen molar-refractivity contribution in [3.63, 3.8) is 0 Å². The minimum atomic E-state index is -0.405. The number of nitrogens with one attached hydrogen (secondary N) is 1. The van der Waals surface area contributed by atoms with Gasteiger partial charge in [0.2, 0.25) is 6.41 Å². The molecule has 0 atom stereocenters. The molecule has 1 aromatic carbocycles. The van der Waals surface area contributed by atoms with Crippen LogP contribution in [0, 0.1) is 0 Å². The maximum absolute atomic E-state index is 11.0. The van der Waals surface area contributed by atoms with Crippen molar-refractivity contribution in [3.05, 3.63) is 24.3 Å². The Morgan fingerprint density at radius 3 is 2.62 bits per heavy atom. The van der Waals surface area contributed by atoms with E-state index in [0.29, 0.717) is 24.5 Å². The molecule has 0 bridgehead atoms. The van der Waals surface area contributed by atoms with Gasteiger partial charge in [-0.05, 0) is 31.2 Å². The molecule has 0 unspecified atom stereocenters. The number of esters is 1. The van der Waals surface area contributed by atoms with Gasteiger partial charge in [-0.1, -0.05) is 0 Å². The molecule has 1 N–H and O–H groups in total. The molecule has 5 heteroatoms. The first-order valence-corrected chi connectivity index (χ1v) is 4.85. The van der Waals surface area contributed by atoms with Crippen molar-refractivity contribution in [3.8, 4) is 5.75 Å². The Kier molecular flexibility index (Phi) is 4.85. The summed E-state index contributed by atoms with van der Waals surface area (Å²) in [5.74, 6) is 0.141. The van der Waals surface area contributed by atoms with Crippen LogP contribution in [0.4, 0.5) is 5.69 Å². The summed E-state index contributed by atoms with van der Waals surface area (Å²) in [4.78, 5) is 21.1. The summed E-state index contributed by atoms with van der Waals surface area (Å²) >= 11 is 0. The van der Waals surface area contributed by atoms with Crippen molar-refractivity contribution >= 4 is 18.1 Å². The van der Waals surface area contributed by atoms with Crippen LogP contribution in [0.15, 0.2) is 24.3 Å². The van der Waals surface area contributed by atoms with Crippen molar-refractivity contribution in [1.29, 1.82) is 0 Å². The van der Waals surface area contributed by atoms with Crippen LogP contribution in [0.1, 0.15) is 6.92 Å². The summed E-state index contributed by atoms with van der Waals surface area (Å²) in [5, 5.41) is 2.49. The summed E-state index contributed by atoms with van der Waals surface area (Å²) < 4.78 is 9.87. The van der Waals surface area contributed by atoms with Gasteiger partial charge in [0, 0.05) is 5.69 Å². The standard InChI is InChI=1S/C11H13NO4/c1-2-15-11(14)7-16-10-5-3-9(4-6-10)12-8-13/h3-6,8H,2,7H2,1H3,(H,12,13). The van der Waals surface area contributed by atoms with E-state index in [1.165, 1.54) is 0 Å². The van der Waals surface area contributed by atoms with Crippen LogP contribution in [0.5, 0.6) is 5.75 Å². The van der Waals surface area contributed by atoms with Crippen molar-refractivity contribution in [1.82, 2.24) is 0 Å². The van der Waals surface area contributed by atoms with E-state index in [9.17, 15) is 9.59 Å². The van der Waals surface area contributed by atoms with Crippen LogP contribution in [-0.2, 0) is 14.3 Å². The van der Waals surface area contributed by atoms with Gasteiger partial charge >= 0.3 is 5.97 Å². The van der Waals surface area contributed by atoms with E-state index in [1.807, 2.05) is 0 Å². The zero-order chi connectivity index (χ0) is 11.8. The molecule has 16 heavy (non-hydrogen) atoms. The first kappa shape index (κ1) is 12.0. The van der Waals surface area contributed by atoms with Gasteiger partial charge in [0.1, 0.15) is 5.75 Å². The Balaban J connectivity index is 2.42. The predicted molar refractivity (Wildman–Crippen MR) is 58.3 cm³/mol. The highest BCUT2D eigenvalue weighted by atomic mass is 16.6. The Bertz CT molecular complexity index is 348. The third-order valence-corrected chi connectivity index (χ3v) is 1.74. The van der Waals surface area contributed by atoms with Gasteiger partial charge in [-0.2, -0.15) is 0 Å². The maximum Gasteiger partial charge on any atom is 0.344 e. The molecule has 0 aliphatic carbocycles. The van der Waals surface area contributed by atoms with Crippen molar-refractivity contribution in [2.75, 3.05) is 18.5 Å². The molecule has 1 rings (SSSR count). The molecule has 86 valence electrons. The van der Waals surface area contributed by atoms with Gasteiger partial charge in [0.15, 0.2) is 6.61 Å². The number of rotatable bonds is 6. The molecule has 0 radical (unpaired) electrons. The van der Waals surface area contributed by atoms with Crippen LogP contribution in [-0.4, -0.2) is 25.6 Å². The molecule has 0 heterocycles.